The summed E-state index contributed by atoms with van der Waals surface area (Å²) in [4.78, 5) is 0. The van der Waals surface area contributed by atoms with Gasteiger partial charge in [-0.15, -0.1) is 6.58 Å². The van der Waals surface area contributed by atoms with E-state index in [1.165, 1.54) is 22.3 Å². The van der Waals surface area contributed by atoms with Gasteiger partial charge in [0.15, 0.2) is 0 Å². The van der Waals surface area contributed by atoms with E-state index < -0.39 is 0 Å². The predicted molar refractivity (Wildman–Crippen MR) is 101 cm³/mol. The van der Waals surface area contributed by atoms with E-state index in [0.717, 1.165) is 17.7 Å². The van der Waals surface area contributed by atoms with Gasteiger partial charge in [0.2, 0.25) is 0 Å². The molecule has 0 aliphatic heterocycles. The van der Waals surface area contributed by atoms with Crippen LogP contribution in [0.15, 0.2) is 79.4 Å². The highest BCUT2D eigenvalue weighted by molar-refractivity contribution is 5.85. The summed E-state index contributed by atoms with van der Waals surface area (Å²) < 4.78 is 5.57. The van der Waals surface area contributed by atoms with E-state index in [1.54, 1.807) is 0 Å². The number of hydrogen-bond acceptors (Lipinski definition) is 1. The van der Waals surface area contributed by atoms with Gasteiger partial charge in [0.05, 0.1) is 6.61 Å². The summed E-state index contributed by atoms with van der Waals surface area (Å²) in [6.45, 7) is 6.57. The lowest BCUT2D eigenvalue weighted by atomic mass is 9.89. The van der Waals surface area contributed by atoms with Crippen molar-refractivity contribution in [3.8, 4) is 28.0 Å². The Kier molecular flexibility index (Phi) is 5.12. The van der Waals surface area contributed by atoms with Crippen LogP contribution in [0.4, 0.5) is 0 Å². The minimum Gasteiger partial charge on any atom is -0.494 e. The van der Waals surface area contributed by atoms with Crippen LogP contribution in [0.3, 0.4) is 0 Å². The summed E-state index contributed by atoms with van der Waals surface area (Å²) in [6, 6.07) is 26.2. The first kappa shape index (κ1) is 16.1. The maximum atomic E-state index is 5.57. The van der Waals surface area contributed by atoms with Crippen molar-refractivity contribution >= 4 is 0 Å². The third-order valence-electron chi connectivity index (χ3n) is 3.96. The van der Waals surface area contributed by atoms with Gasteiger partial charge in [-0.25, -0.2) is 0 Å². The van der Waals surface area contributed by atoms with Crippen molar-refractivity contribution in [2.75, 3.05) is 6.61 Å². The fourth-order valence-electron chi connectivity index (χ4n) is 2.91. The van der Waals surface area contributed by atoms with Crippen molar-refractivity contribution in [2.45, 2.75) is 13.3 Å². The summed E-state index contributed by atoms with van der Waals surface area (Å²) in [7, 11) is 0. The molecule has 0 aromatic heterocycles. The molecule has 0 atom stereocenters. The lowest BCUT2D eigenvalue weighted by Gasteiger charge is -2.15. The molecule has 0 heterocycles. The Hall–Kier alpha value is -2.80. The zero-order valence-electron chi connectivity index (χ0n) is 14.0. The molecule has 0 unspecified atom stereocenters. The molecule has 0 bridgehead atoms. The molecule has 0 aliphatic carbocycles. The first-order valence-electron chi connectivity index (χ1n) is 8.26. The molecule has 0 saturated heterocycles. The minimum absolute atomic E-state index is 0.676. The molecular formula is C23H21O. The highest BCUT2D eigenvalue weighted by Crippen LogP contribution is 2.35. The van der Waals surface area contributed by atoms with Gasteiger partial charge < -0.3 is 4.74 Å². The standard InChI is InChI=1S/C23H21O/c1-3-9-19-12-8-13-22(18-10-6-5-7-11-18)23(19)20-14-16-21(17-15-20)24-4-2/h3,5-8,10-12,14-17H,1,4,9H2,2H3. The van der Waals surface area contributed by atoms with Crippen LogP contribution in [0.2, 0.25) is 0 Å². The normalized spacial score (nSPS) is 10.4. The fraction of sp³-hybridized carbons (Fsp3) is 0.130. The number of benzene rings is 3. The van der Waals surface area contributed by atoms with Crippen LogP contribution in [-0.4, -0.2) is 6.61 Å². The molecule has 0 N–H and O–H groups in total. The number of hydrogen-bond donors (Lipinski definition) is 0. The Morgan fingerprint density at radius 2 is 1.71 bits per heavy atom. The van der Waals surface area contributed by atoms with E-state index in [2.05, 4.69) is 55.1 Å². The zero-order chi connectivity index (χ0) is 16.8. The number of rotatable bonds is 6. The zero-order valence-corrected chi connectivity index (χ0v) is 14.0. The van der Waals surface area contributed by atoms with Gasteiger partial charge in [-0.1, -0.05) is 60.7 Å². The second-order valence-electron chi connectivity index (χ2n) is 5.57. The Morgan fingerprint density at radius 1 is 0.958 bits per heavy atom. The molecule has 0 spiro atoms. The molecule has 1 heteroatoms. The second-order valence-corrected chi connectivity index (χ2v) is 5.57. The van der Waals surface area contributed by atoms with E-state index in [-0.39, 0.29) is 0 Å². The molecule has 0 saturated carbocycles. The van der Waals surface area contributed by atoms with Crippen LogP contribution in [0.5, 0.6) is 5.75 Å². The van der Waals surface area contributed by atoms with E-state index in [4.69, 9.17) is 4.74 Å². The summed E-state index contributed by atoms with van der Waals surface area (Å²) in [5.41, 5.74) is 5.94. The molecule has 0 fully saturated rings. The van der Waals surface area contributed by atoms with Gasteiger partial charge >= 0.3 is 0 Å². The van der Waals surface area contributed by atoms with Crippen LogP contribution in [0.1, 0.15) is 12.5 Å². The van der Waals surface area contributed by atoms with Gasteiger partial charge in [-0.2, -0.15) is 0 Å². The fourth-order valence-corrected chi connectivity index (χ4v) is 2.91. The van der Waals surface area contributed by atoms with Crippen molar-refractivity contribution in [3.63, 3.8) is 0 Å². The maximum absolute atomic E-state index is 5.57. The van der Waals surface area contributed by atoms with Gasteiger partial charge in [0.25, 0.3) is 0 Å². The van der Waals surface area contributed by atoms with Crippen molar-refractivity contribution in [1.82, 2.24) is 0 Å². The molecule has 119 valence electrons. The smallest absolute Gasteiger partial charge is 0.119 e. The molecule has 24 heavy (non-hydrogen) atoms. The van der Waals surface area contributed by atoms with Gasteiger partial charge in [0.1, 0.15) is 5.75 Å². The quantitative estimate of drug-likeness (QED) is 0.511. The highest BCUT2D eigenvalue weighted by Gasteiger charge is 2.12. The van der Waals surface area contributed by atoms with Crippen LogP contribution >= 0.6 is 0 Å². The number of ether oxygens (including phenoxy) is 1. The third kappa shape index (κ3) is 3.41. The first-order chi connectivity index (χ1) is 11.8. The van der Waals surface area contributed by atoms with Gasteiger partial charge in [-0.05, 0) is 59.4 Å². The topological polar surface area (TPSA) is 9.23 Å². The van der Waals surface area contributed by atoms with Crippen molar-refractivity contribution in [2.24, 2.45) is 0 Å². The molecule has 1 radical (unpaired) electrons. The van der Waals surface area contributed by atoms with Crippen LogP contribution in [0, 0.1) is 6.07 Å². The maximum Gasteiger partial charge on any atom is 0.119 e. The van der Waals surface area contributed by atoms with Gasteiger partial charge in [0, 0.05) is 0 Å². The summed E-state index contributed by atoms with van der Waals surface area (Å²) in [5, 5.41) is 0. The van der Waals surface area contributed by atoms with Gasteiger partial charge in [-0.3, -0.25) is 0 Å². The molecular weight excluding hydrogens is 292 g/mol. The van der Waals surface area contributed by atoms with E-state index >= 15 is 0 Å². The van der Waals surface area contributed by atoms with E-state index in [9.17, 15) is 0 Å². The lowest BCUT2D eigenvalue weighted by Crippen LogP contribution is -1.94. The van der Waals surface area contributed by atoms with Crippen molar-refractivity contribution < 1.29 is 4.74 Å². The summed E-state index contributed by atoms with van der Waals surface area (Å²) in [5.74, 6) is 0.896. The van der Waals surface area contributed by atoms with E-state index in [0.29, 0.717) is 6.61 Å². The largest absolute Gasteiger partial charge is 0.494 e. The number of allylic oxidation sites excluding steroid dienone is 1. The third-order valence-corrected chi connectivity index (χ3v) is 3.96. The van der Waals surface area contributed by atoms with Crippen LogP contribution < -0.4 is 4.74 Å². The monoisotopic (exact) mass is 313 g/mol. The average Bonchev–Trinajstić information content (AvgIpc) is 2.64. The SMILES string of the molecule is C=CCc1cc[c]c(-c2ccccc2)c1-c1ccc(OCC)cc1. The molecule has 1 nitrogen and oxygen atoms in total. The Bertz CT molecular complexity index is 801. The predicted octanol–water partition coefficient (Wildman–Crippen LogP) is 5.95. The minimum atomic E-state index is 0.676. The Morgan fingerprint density at radius 3 is 2.38 bits per heavy atom. The molecule has 3 aromatic rings. The Balaban J connectivity index is 2.14. The summed E-state index contributed by atoms with van der Waals surface area (Å²) >= 11 is 0. The molecule has 3 aromatic carbocycles. The Labute approximate surface area is 144 Å². The lowest BCUT2D eigenvalue weighted by molar-refractivity contribution is 0.340. The van der Waals surface area contributed by atoms with Crippen LogP contribution in [-0.2, 0) is 6.42 Å². The van der Waals surface area contributed by atoms with Crippen LogP contribution in [0.25, 0.3) is 22.3 Å². The second kappa shape index (κ2) is 7.65. The molecule has 3 rings (SSSR count). The van der Waals surface area contributed by atoms with E-state index in [1.807, 2.05) is 37.3 Å². The van der Waals surface area contributed by atoms with Crippen molar-refractivity contribution in [1.29, 1.82) is 0 Å². The average molecular weight is 313 g/mol. The molecule has 0 amide bonds. The highest BCUT2D eigenvalue weighted by atomic mass is 16.5. The van der Waals surface area contributed by atoms with Crippen molar-refractivity contribution in [3.05, 3.63) is 91.0 Å². The summed E-state index contributed by atoms with van der Waals surface area (Å²) in [6.07, 6.45) is 2.78. The molecule has 0 aliphatic rings. The first-order valence-corrected chi connectivity index (χ1v) is 8.26.